The van der Waals surface area contributed by atoms with Gasteiger partial charge in [0.05, 0.1) is 28.8 Å². The van der Waals surface area contributed by atoms with Crippen LogP contribution in [-0.4, -0.2) is 58.3 Å². The minimum atomic E-state index is -0.0457. The Morgan fingerprint density at radius 3 is 2.80 bits per heavy atom. The summed E-state index contributed by atoms with van der Waals surface area (Å²) < 4.78 is 0. The molecular weight excluding hydrogens is 380 g/mol. The minimum absolute atomic E-state index is 0.0456. The predicted octanol–water partition coefficient (Wildman–Crippen LogP) is 2.67. The number of aromatic amines is 1. The number of amides is 2. The molecule has 8 nitrogen and oxygen atoms in total. The van der Waals surface area contributed by atoms with Crippen LogP contribution in [0.2, 0.25) is 0 Å². The molecule has 4 heterocycles. The molecule has 2 N–H and O–H groups in total. The van der Waals surface area contributed by atoms with E-state index in [1.807, 2.05) is 11.0 Å². The number of imidazole rings is 1. The third kappa shape index (κ3) is 3.08. The summed E-state index contributed by atoms with van der Waals surface area (Å²) in [4.78, 5) is 41.0. The number of rotatable bonds is 2. The summed E-state index contributed by atoms with van der Waals surface area (Å²) in [7, 11) is 1.71. The molecule has 0 radical (unpaired) electrons. The van der Waals surface area contributed by atoms with Crippen molar-refractivity contribution in [3.8, 4) is 0 Å². The Bertz CT molecular complexity index is 1150. The molecule has 2 amide bonds. The van der Waals surface area contributed by atoms with Crippen molar-refractivity contribution in [2.24, 2.45) is 0 Å². The lowest BCUT2D eigenvalue weighted by atomic mass is 9.95. The molecule has 1 fully saturated rings. The van der Waals surface area contributed by atoms with Crippen molar-refractivity contribution in [3.63, 3.8) is 0 Å². The van der Waals surface area contributed by atoms with Gasteiger partial charge in [0.15, 0.2) is 0 Å². The van der Waals surface area contributed by atoms with Crippen LogP contribution in [0.4, 0.5) is 11.5 Å². The first kappa shape index (κ1) is 18.6. The van der Waals surface area contributed by atoms with Gasteiger partial charge in [-0.1, -0.05) is 12.1 Å². The number of fused-ring (bicyclic) bond motifs is 2. The van der Waals surface area contributed by atoms with Crippen LogP contribution in [-0.2, 0) is 4.79 Å². The van der Waals surface area contributed by atoms with Gasteiger partial charge < -0.3 is 20.1 Å². The molecular formula is C22H24N6O2. The quantitative estimate of drug-likeness (QED) is 0.685. The maximum absolute atomic E-state index is 13.0. The maximum atomic E-state index is 13.0. The van der Waals surface area contributed by atoms with Gasteiger partial charge in [0, 0.05) is 32.3 Å². The van der Waals surface area contributed by atoms with Crippen LogP contribution in [0.1, 0.15) is 40.5 Å². The Kier molecular flexibility index (Phi) is 4.42. The molecule has 0 bridgehead atoms. The zero-order chi connectivity index (χ0) is 20.8. The highest BCUT2D eigenvalue weighted by atomic mass is 16.2. The van der Waals surface area contributed by atoms with Crippen molar-refractivity contribution in [3.05, 3.63) is 47.4 Å². The number of likely N-dealkylation sites (N-methyl/N-ethyl adjacent to an activating group) is 1. The second-order valence-electron chi connectivity index (χ2n) is 8.06. The van der Waals surface area contributed by atoms with Crippen LogP contribution in [0.3, 0.4) is 0 Å². The van der Waals surface area contributed by atoms with Crippen molar-refractivity contribution < 1.29 is 9.59 Å². The number of nitrogens with one attached hydrogen (secondary N) is 2. The summed E-state index contributed by atoms with van der Waals surface area (Å²) in [6, 6.07) is 7.91. The minimum Gasteiger partial charge on any atom is -0.359 e. The normalized spacial score (nSPS) is 17.2. The number of aryl methyl sites for hydroxylation is 1. The number of carbonyl (C=O) groups excluding carboxylic acids is 2. The van der Waals surface area contributed by atoms with E-state index in [4.69, 9.17) is 4.98 Å². The molecule has 0 aliphatic carbocycles. The van der Waals surface area contributed by atoms with Crippen LogP contribution in [0.25, 0.3) is 11.0 Å². The first-order chi connectivity index (χ1) is 14.5. The molecule has 1 aromatic carbocycles. The van der Waals surface area contributed by atoms with Gasteiger partial charge in [-0.25, -0.2) is 9.97 Å². The number of aromatic nitrogens is 3. The van der Waals surface area contributed by atoms with Gasteiger partial charge >= 0.3 is 0 Å². The number of piperidine rings is 1. The van der Waals surface area contributed by atoms with E-state index in [1.54, 1.807) is 24.2 Å². The van der Waals surface area contributed by atoms with E-state index in [1.165, 1.54) is 5.56 Å². The summed E-state index contributed by atoms with van der Waals surface area (Å²) in [6.45, 7) is 3.63. The molecule has 2 aromatic heterocycles. The molecule has 2 aliphatic rings. The van der Waals surface area contributed by atoms with Gasteiger partial charge in [-0.15, -0.1) is 0 Å². The van der Waals surface area contributed by atoms with Crippen LogP contribution >= 0.6 is 0 Å². The standard InChI is InChI=1S/C22H24N6O2/c1-13-4-3-5-16-19(13)26-20(25-16)14-6-8-28(9-7-14)22(30)15-10-17-21(23-11-15)24-12-18(29)27(17)2/h3-5,10-11,14H,6-9,12H2,1-2H3,(H,23,24)(H,25,26). The number of anilines is 2. The van der Waals surface area contributed by atoms with Crippen molar-refractivity contribution in [2.75, 3.05) is 36.9 Å². The van der Waals surface area contributed by atoms with Crippen molar-refractivity contribution in [1.29, 1.82) is 0 Å². The number of nitrogens with zero attached hydrogens (tertiary/aromatic N) is 4. The molecule has 0 spiro atoms. The molecule has 8 heteroatoms. The van der Waals surface area contributed by atoms with Crippen molar-refractivity contribution in [1.82, 2.24) is 19.9 Å². The number of para-hydroxylation sites is 1. The van der Waals surface area contributed by atoms with E-state index in [0.717, 1.165) is 29.7 Å². The SMILES string of the molecule is Cc1cccc2[nH]c(C3CCN(C(=O)c4cnc5c(c4)N(C)C(=O)CN5)CC3)nc12. The van der Waals surface area contributed by atoms with E-state index in [0.29, 0.717) is 36.1 Å². The van der Waals surface area contributed by atoms with E-state index >= 15 is 0 Å². The first-order valence-electron chi connectivity index (χ1n) is 10.3. The summed E-state index contributed by atoms with van der Waals surface area (Å²) in [5, 5.41) is 2.99. The van der Waals surface area contributed by atoms with E-state index in [2.05, 4.69) is 34.3 Å². The van der Waals surface area contributed by atoms with Gasteiger partial charge in [0.1, 0.15) is 11.6 Å². The third-order valence-corrected chi connectivity index (χ3v) is 6.16. The lowest BCUT2D eigenvalue weighted by Crippen LogP contribution is -2.39. The lowest BCUT2D eigenvalue weighted by molar-refractivity contribution is -0.116. The van der Waals surface area contributed by atoms with Gasteiger partial charge in [-0.05, 0) is 37.5 Å². The van der Waals surface area contributed by atoms with Gasteiger partial charge in [0.25, 0.3) is 5.91 Å². The maximum Gasteiger partial charge on any atom is 0.255 e. The Morgan fingerprint density at radius 2 is 2.03 bits per heavy atom. The van der Waals surface area contributed by atoms with Crippen molar-refractivity contribution >= 4 is 34.4 Å². The molecule has 5 rings (SSSR count). The first-order valence-corrected chi connectivity index (χ1v) is 10.3. The Hall–Kier alpha value is -3.42. The summed E-state index contributed by atoms with van der Waals surface area (Å²) in [5.41, 5.74) is 4.41. The Morgan fingerprint density at radius 1 is 1.23 bits per heavy atom. The van der Waals surface area contributed by atoms with Crippen LogP contribution in [0.15, 0.2) is 30.5 Å². The third-order valence-electron chi connectivity index (χ3n) is 6.16. The zero-order valence-electron chi connectivity index (χ0n) is 17.1. The topological polar surface area (TPSA) is 94.2 Å². The molecule has 154 valence electrons. The number of hydrogen-bond donors (Lipinski definition) is 2. The molecule has 0 saturated carbocycles. The van der Waals surface area contributed by atoms with E-state index < -0.39 is 0 Å². The van der Waals surface area contributed by atoms with Gasteiger partial charge in [-0.3, -0.25) is 9.59 Å². The monoisotopic (exact) mass is 404 g/mol. The predicted molar refractivity (Wildman–Crippen MR) is 115 cm³/mol. The zero-order valence-corrected chi connectivity index (χ0v) is 17.1. The number of likely N-dealkylation sites (tertiary alicyclic amines) is 1. The number of pyridine rings is 1. The highest BCUT2D eigenvalue weighted by Gasteiger charge is 2.28. The summed E-state index contributed by atoms with van der Waals surface area (Å²) in [6.07, 6.45) is 3.32. The van der Waals surface area contributed by atoms with Crippen LogP contribution < -0.4 is 10.2 Å². The van der Waals surface area contributed by atoms with Crippen molar-refractivity contribution in [2.45, 2.75) is 25.7 Å². The van der Waals surface area contributed by atoms with E-state index in [-0.39, 0.29) is 18.4 Å². The Balaban J connectivity index is 1.30. The number of H-pyrrole nitrogens is 1. The molecule has 3 aromatic rings. The number of carbonyl (C=O) groups is 2. The molecule has 0 unspecified atom stereocenters. The fourth-order valence-corrected chi connectivity index (χ4v) is 4.30. The molecule has 2 aliphatic heterocycles. The van der Waals surface area contributed by atoms with Crippen LogP contribution in [0.5, 0.6) is 0 Å². The largest absolute Gasteiger partial charge is 0.359 e. The van der Waals surface area contributed by atoms with Gasteiger partial charge in [0.2, 0.25) is 5.91 Å². The molecule has 1 saturated heterocycles. The number of benzene rings is 1. The molecule has 0 atom stereocenters. The average Bonchev–Trinajstić information content (AvgIpc) is 3.22. The van der Waals surface area contributed by atoms with Gasteiger partial charge in [-0.2, -0.15) is 0 Å². The second kappa shape index (κ2) is 7.12. The fourth-order valence-electron chi connectivity index (χ4n) is 4.30. The average molecular weight is 404 g/mol. The summed E-state index contributed by atoms with van der Waals surface area (Å²) in [5.74, 6) is 1.86. The highest BCUT2D eigenvalue weighted by Crippen LogP contribution is 2.31. The number of hydrogen-bond acceptors (Lipinski definition) is 5. The smallest absolute Gasteiger partial charge is 0.255 e. The lowest BCUT2D eigenvalue weighted by Gasteiger charge is -2.32. The van der Waals surface area contributed by atoms with Crippen LogP contribution in [0, 0.1) is 6.92 Å². The Labute approximate surface area is 174 Å². The van der Waals surface area contributed by atoms with E-state index in [9.17, 15) is 9.59 Å². The summed E-state index contributed by atoms with van der Waals surface area (Å²) >= 11 is 0. The second-order valence-corrected chi connectivity index (χ2v) is 8.06. The molecule has 30 heavy (non-hydrogen) atoms. The fraction of sp³-hybridized carbons (Fsp3) is 0.364. The highest BCUT2D eigenvalue weighted by molar-refractivity contribution is 6.03.